The summed E-state index contributed by atoms with van der Waals surface area (Å²) in [4.78, 5) is 24.7. The molecule has 1 amide bonds. The predicted octanol–water partition coefficient (Wildman–Crippen LogP) is 3.92. The van der Waals surface area contributed by atoms with Crippen LogP contribution in [-0.4, -0.2) is 37.2 Å². The van der Waals surface area contributed by atoms with Gasteiger partial charge in [-0.05, 0) is 49.7 Å². The fourth-order valence-electron chi connectivity index (χ4n) is 3.54. The number of ether oxygens (including phenoxy) is 2. The number of hydrogen-bond donors (Lipinski definition) is 2. The monoisotopic (exact) mass is 444 g/mol. The first-order valence-corrected chi connectivity index (χ1v) is 10.0. The van der Waals surface area contributed by atoms with Crippen molar-refractivity contribution >= 4 is 40.9 Å². The molecular formula is C23H25ClN2O5. The van der Waals surface area contributed by atoms with E-state index < -0.39 is 12.0 Å². The van der Waals surface area contributed by atoms with Crippen molar-refractivity contribution in [2.75, 3.05) is 18.5 Å². The summed E-state index contributed by atoms with van der Waals surface area (Å²) in [6, 6.07) is 16.3. The van der Waals surface area contributed by atoms with Gasteiger partial charge in [0.1, 0.15) is 11.6 Å². The van der Waals surface area contributed by atoms with Crippen molar-refractivity contribution in [2.45, 2.75) is 32.1 Å². The van der Waals surface area contributed by atoms with Gasteiger partial charge in [0.05, 0.1) is 19.3 Å². The second-order valence-electron chi connectivity index (χ2n) is 7.13. The average Bonchev–Trinajstić information content (AvgIpc) is 3.40. The van der Waals surface area contributed by atoms with Gasteiger partial charge in [0.2, 0.25) is 11.7 Å². The van der Waals surface area contributed by atoms with Crippen molar-refractivity contribution in [3.63, 3.8) is 0 Å². The number of halogens is 1. The van der Waals surface area contributed by atoms with Crippen LogP contribution >= 0.6 is 12.4 Å². The minimum atomic E-state index is -0.507. The number of esters is 1. The maximum absolute atomic E-state index is 12.8. The molecule has 0 radical (unpaired) electrons. The molecule has 4 rings (SSSR count). The zero-order chi connectivity index (χ0) is 20.9. The van der Waals surface area contributed by atoms with Gasteiger partial charge in [0.15, 0.2) is 0 Å². The minimum Gasteiger partial charge on any atom is -0.460 e. The van der Waals surface area contributed by atoms with Gasteiger partial charge in [-0.2, -0.15) is 0 Å². The van der Waals surface area contributed by atoms with E-state index in [1.807, 2.05) is 30.3 Å². The molecule has 1 aliphatic rings. The number of carbonyl (C=O) groups excluding carboxylic acids is 2. The molecule has 1 aromatic heterocycles. The first-order chi connectivity index (χ1) is 14.6. The van der Waals surface area contributed by atoms with Gasteiger partial charge >= 0.3 is 5.97 Å². The Kier molecular flexibility index (Phi) is 7.68. The Morgan fingerprint density at radius 1 is 1.16 bits per heavy atom. The van der Waals surface area contributed by atoms with Crippen LogP contribution in [0.5, 0.6) is 0 Å². The van der Waals surface area contributed by atoms with E-state index in [9.17, 15) is 9.59 Å². The van der Waals surface area contributed by atoms with Crippen molar-refractivity contribution in [2.24, 2.45) is 0 Å². The van der Waals surface area contributed by atoms with Crippen molar-refractivity contribution in [3.8, 4) is 0 Å². The molecule has 2 aromatic carbocycles. The number of hydrogen-bond acceptors (Lipinski definition) is 6. The van der Waals surface area contributed by atoms with Crippen LogP contribution in [-0.2, 0) is 20.9 Å². The lowest BCUT2D eigenvalue weighted by atomic mass is 10.1. The van der Waals surface area contributed by atoms with E-state index in [0.717, 1.165) is 18.5 Å². The van der Waals surface area contributed by atoms with Crippen LogP contribution in [0, 0.1) is 0 Å². The Morgan fingerprint density at radius 3 is 2.74 bits per heavy atom. The van der Waals surface area contributed by atoms with Crippen LogP contribution in [0.15, 0.2) is 59.0 Å². The lowest BCUT2D eigenvalue weighted by molar-refractivity contribution is -0.121. The molecule has 8 heteroatoms. The van der Waals surface area contributed by atoms with Crippen LogP contribution in [0.1, 0.15) is 29.5 Å². The second-order valence-corrected chi connectivity index (χ2v) is 7.13. The van der Waals surface area contributed by atoms with E-state index in [1.165, 1.54) is 0 Å². The van der Waals surface area contributed by atoms with Gasteiger partial charge in [-0.3, -0.25) is 4.79 Å². The van der Waals surface area contributed by atoms with E-state index in [-0.39, 0.29) is 36.8 Å². The molecule has 7 nitrogen and oxygen atoms in total. The number of rotatable bonds is 7. The fourth-order valence-corrected chi connectivity index (χ4v) is 3.54. The van der Waals surface area contributed by atoms with Gasteiger partial charge in [-0.25, -0.2) is 4.79 Å². The third kappa shape index (κ3) is 5.44. The number of furan rings is 1. The molecule has 1 saturated heterocycles. The summed E-state index contributed by atoms with van der Waals surface area (Å²) in [5, 5.41) is 6.86. The summed E-state index contributed by atoms with van der Waals surface area (Å²) < 4.78 is 16.5. The summed E-state index contributed by atoms with van der Waals surface area (Å²) in [6.07, 6.45) is 0.576. The summed E-state index contributed by atoms with van der Waals surface area (Å²) >= 11 is 0. The lowest BCUT2D eigenvalue weighted by Gasteiger charge is -2.20. The Hall–Kier alpha value is -2.87. The summed E-state index contributed by atoms with van der Waals surface area (Å²) in [5.74, 6) is -0.519. The van der Waals surface area contributed by atoms with Crippen molar-refractivity contribution in [1.82, 2.24) is 5.32 Å². The molecule has 0 aliphatic carbocycles. The first-order valence-electron chi connectivity index (χ1n) is 10.0. The van der Waals surface area contributed by atoms with Crippen molar-refractivity contribution in [1.29, 1.82) is 0 Å². The second kappa shape index (κ2) is 10.4. The Bertz CT molecular complexity index is 1040. The quantitative estimate of drug-likeness (QED) is 0.537. The SMILES string of the molecule is CCOC(=O)c1cc2cc(NC(=O)[C@@H]3NCC[C@H]3OCc3ccccc3)ccc2o1.Cl. The van der Waals surface area contributed by atoms with Gasteiger partial charge in [0, 0.05) is 11.1 Å². The number of fused-ring (bicyclic) bond motifs is 1. The van der Waals surface area contributed by atoms with E-state index in [4.69, 9.17) is 13.9 Å². The van der Waals surface area contributed by atoms with Crippen molar-refractivity contribution < 1.29 is 23.5 Å². The summed E-state index contributed by atoms with van der Waals surface area (Å²) in [6.45, 7) is 3.21. The highest BCUT2D eigenvalue weighted by molar-refractivity contribution is 5.98. The molecule has 2 heterocycles. The number of anilines is 1. The molecule has 164 valence electrons. The van der Waals surface area contributed by atoms with Gasteiger partial charge in [0.25, 0.3) is 0 Å². The van der Waals surface area contributed by atoms with Crippen LogP contribution in [0.25, 0.3) is 11.0 Å². The first kappa shape index (κ1) is 22.8. The third-order valence-corrected chi connectivity index (χ3v) is 5.01. The molecule has 2 N–H and O–H groups in total. The molecular weight excluding hydrogens is 420 g/mol. The topological polar surface area (TPSA) is 89.8 Å². The number of benzene rings is 2. The van der Waals surface area contributed by atoms with Gasteiger partial charge < -0.3 is 24.5 Å². The standard InChI is InChI=1S/C23H24N2O5.ClH/c1-2-28-23(27)20-13-16-12-17(8-9-18(16)30-20)25-22(26)21-19(10-11-24-21)29-14-15-6-4-3-5-7-15;/h3-9,12-13,19,21,24H,2,10-11,14H2,1H3,(H,25,26);1H/t19-,21-;/m1./s1. The number of nitrogens with one attached hydrogen (secondary N) is 2. The maximum atomic E-state index is 12.8. The summed E-state index contributed by atoms with van der Waals surface area (Å²) in [7, 11) is 0. The molecule has 0 saturated carbocycles. The van der Waals surface area contributed by atoms with Crippen LogP contribution in [0.2, 0.25) is 0 Å². The predicted molar refractivity (Wildman–Crippen MR) is 119 cm³/mol. The highest BCUT2D eigenvalue weighted by atomic mass is 35.5. The largest absolute Gasteiger partial charge is 0.460 e. The Balaban J connectivity index is 0.00000272. The lowest BCUT2D eigenvalue weighted by Crippen LogP contribution is -2.43. The molecule has 0 spiro atoms. The minimum absolute atomic E-state index is 0. The zero-order valence-corrected chi connectivity index (χ0v) is 17.9. The molecule has 1 fully saturated rings. The molecule has 31 heavy (non-hydrogen) atoms. The summed E-state index contributed by atoms with van der Waals surface area (Å²) in [5.41, 5.74) is 2.25. The molecule has 0 unspecified atom stereocenters. The third-order valence-electron chi connectivity index (χ3n) is 5.01. The van der Waals surface area contributed by atoms with E-state index >= 15 is 0 Å². The Morgan fingerprint density at radius 2 is 1.97 bits per heavy atom. The normalized spacial score (nSPS) is 17.8. The highest BCUT2D eigenvalue weighted by Gasteiger charge is 2.33. The van der Waals surface area contributed by atoms with Crippen LogP contribution in [0.3, 0.4) is 0 Å². The van der Waals surface area contributed by atoms with Crippen molar-refractivity contribution in [3.05, 3.63) is 65.9 Å². The molecule has 0 bridgehead atoms. The molecule has 2 atom stereocenters. The highest BCUT2D eigenvalue weighted by Crippen LogP contribution is 2.24. The number of amides is 1. The molecule has 1 aliphatic heterocycles. The van der Waals surface area contributed by atoms with E-state index in [1.54, 1.807) is 31.2 Å². The molecule has 3 aromatic rings. The Labute approximate surface area is 186 Å². The zero-order valence-electron chi connectivity index (χ0n) is 17.1. The smallest absolute Gasteiger partial charge is 0.374 e. The van der Waals surface area contributed by atoms with Gasteiger partial charge in [-0.1, -0.05) is 30.3 Å². The van der Waals surface area contributed by atoms with Gasteiger partial charge in [-0.15, -0.1) is 12.4 Å². The van der Waals surface area contributed by atoms with E-state index in [2.05, 4.69) is 10.6 Å². The number of carbonyl (C=O) groups is 2. The van der Waals surface area contributed by atoms with E-state index in [0.29, 0.717) is 23.3 Å². The maximum Gasteiger partial charge on any atom is 0.374 e. The fraction of sp³-hybridized carbons (Fsp3) is 0.304. The van der Waals surface area contributed by atoms with Crippen LogP contribution < -0.4 is 10.6 Å². The van der Waals surface area contributed by atoms with Crippen LogP contribution in [0.4, 0.5) is 5.69 Å². The average molecular weight is 445 g/mol.